The van der Waals surface area contributed by atoms with Crippen LogP contribution < -0.4 is 5.32 Å². The number of likely N-dealkylation sites (tertiary alicyclic amines) is 1. The Morgan fingerprint density at radius 1 is 1.39 bits per heavy atom. The van der Waals surface area contributed by atoms with Crippen LogP contribution in [0, 0.1) is 0 Å². The smallest absolute Gasteiger partial charge is 0.405 e. The van der Waals surface area contributed by atoms with E-state index in [9.17, 15) is 9.59 Å². The van der Waals surface area contributed by atoms with Crippen LogP contribution in [0.2, 0.25) is 0 Å². The average molecular weight is 327 g/mol. The lowest BCUT2D eigenvalue weighted by Crippen LogP contribution is -2.54. The van der Waals surface area contributed by atoms with Crippen LogP contribution in [-0.2, 0) is 9.53 Å². The number of hydrogen-bond donors (Lipinski definition) is 2. The molecule has 2 N–H and O–H groups in total. The number of carbonyl (C=O) groups is 2. The number of amides is 2. The highest BCUT2D eigenvalue weighted by Crippen LogP contribution is 2.31. The fourth-order valence-electron chi connectivity index (χ4n) is 3.81. The Labute approximate surface area is 138 Å². The number of hydrogen-bond acceptors (Lipinski definition) is 4. The molecule has 1 saturated heterocycles. The second-order valence-corrected chi connectivity index (χ2v) is 6.89. The Morgan fingerprint density at radius 3 is 2.65 bits per heavy atom. The average Bonchev–Trinajstić information content (AvgIpc) is 2.86. The van der Waals surface area contributed by atoms with Crippen molar-refractivity contribution >= 4 is 12.0 Å². The van der Waals surface area contributed by atoms with Gasteiger partial charge in [0.05, 0.1) is 12.1 Å². The number of nitrogens with zero attached hydrogens (tertiary/aromatic N) is 2. The maximum absolute atomic E-state index is 12.5. The first-order valence-corrected chi connectivity index (χ1v) is 8.39. The summed E-state index contributed by atoms with van der Waals surface area (Å²) in [5.74, 6) is -0.116. The molecule has 1 aliphatic carbocycles. The predicted molar refractivity (Wildman–Crippen MR) is 86.4 cm³/mol. The van der Waals surface area contributed by atoms with Gasteiger partial charge in [-0.2, -0.15) is 0 Å². The molecule has 0 unspecified atom stereocenters. The van der Waals surface area contributed by atoms with Crippen molar-refractivity contribution in [1.82, 2.24) is 15.1 Å². The zero-order chi connectivity index (χ0) is 17.1. The van der Waals surface area contributed by atoms with Crippen molar-refractivity contribution in [3.8, 4) is 0 Å². The monoisotopic (exact) mass is 327 g/mol. The molecule has 0 spiro atoms. The molecule has 7 heteroatoms. The van der Waals surface area contributed by atoms with Gasteiger partial charge in [0.15, 0.2) is 0 Å². The van der Waals surface area contributed by atoms with Crippen LogP contribution in [0.25, 0.3) is 0 Å². The molecular weight excluding hydrogens is 298 g/mol. The molecule has 4 atom stereocenters. The number of rotatable bonds is 5. The number of ether oxygens (including phenoxy) is 1. The zero-order valence-electron chi connectivity index (χ0n) is 14.5. The third kappa shape index (κ3) is 3.95. The minimum absolute atomic E-state index is 0.00229. The topological polar surface area (TPSA) is 82.1 Å². The van der Waals surface area contributed by atoms with Crippen LogP contribution in [-0.4, -0.2) is 77.9 Å². The van der Waals surface area contributed by atoms with E-state index in [0.29, 0.717) is 25.0 Å². The fraction of sp³-hybridized carbons (Fsp3) is 0.875. The van der Waals surface area contributed by atoms with Crippen molar-refractivity contribution in [2.24, 2.45) is 0 Å². The van der Waals surface area contributed by atoms with Gasteiger partial charge in [0.1, 0.15) is 6.04 Å². The van der Waals surface area contributed by atoms with Crippen LogP contribution in [0.3, 0.4) is 0 Å². The second-order valence-electron chi connectivity index (χ2n) is 6.89. The van der Waals surface area contributed by atoms with E-state index in [0.717, 1.165) is 19.3 Å². The highest BCUT2D eigenvalue weighted by atomic mass is 16.5. The van der Waals surface area contributed by atoms with E-state index in [1.54, 1.807) is 7.11 Å². The lowest BCUT2D eigenvalue weighted by Gasteiger charge is -2.43. The number of carboxylic acid groups (broad SMARTS) is 1. The van der Waals surface area contributed by atoms with Crippen molar-refractivity contribution in [3.05, 3.63) is 0 Å². The molecule has 1 heterocycles. The molecule has 0 radical (unpaired) electrons. The molecule has 1 aliphatic heterocycles. The van der Waals surface area contributed by atoms with Gasteiger partial charge in [-0.3, -0.25) is 4.79 Å². The molecule has 23 heavy (non-hydrogen) atoms. The van der Waals surface area contributed by atoms with E-state index in [2.05, 4.69) is 31.1 Å². The molecule has 0 aromatic heterocycles. The SMILES string of the molecule is CO[C@@H]1C[C@@H](N(C)C(C)C)CC[C@H]1N1CC[C@H](NC(=O)O)C1=O. The van der Waals surface area contributed by atoms with Crippen LogP contribution in [0.4, 0.5) is 4.79 Å². The van der Waals surface area contributed by atoms with E-state index in [4.69, 9.17) is 9.84 Å². The molecule has 0 aromatic carbocycles. The van der Waals surface area contributed by atoms with Gasteiger partial charge in [-0.1, -0.05) is 0 Å². The summed E-state index contributed by atoms with van der Waals surface area (Å²) < 4.78 is 5.68. The molecular formula is C16H29N3O4. The van der Waals surface area contributed by atoms with Crippen LogP contribution in [0.15, 0.2) is 0 Å². The highest BCUT2D eigenvalue weighted by molar-refractivity contribution is 5.87. The van der Waals surface area contributed by atoms with E-state index in [1.165, 1.54) is 0 Å². The van der Waals surface area contributed by atoms with E-state index in [1.807, 2.05) is 4.90 Å². The third-order valence-electron chi connectivity index (χ3n) is 5.36. The quantitative estimate of drug-likeness (QED) is 0.791. The van der Waals surface area contributed by atoms with Gasteiger partial charge in [0, 0.05) is 25.7 Å². The molecule has 0 bridgehead atoms. The first-order valence-electron chi connectivity index (χ1n) is 8.39. The first-order chi connectivity index (χ1) is 10.8. The van der Waals surface area contributed by atoms with E-state index >= 15 is 0 Å². The van der Waals surface area contributed by atoms with Crippen molar-refractivity contribution < 1.29 is 19.4 Å². The maximum Gasteiger partial charge on any atom is 0.405 e. The summed E-state index contributed by atoms with van der Waals surface area (Å²) in [6.07, 6.45) is 2.22. The Bertz CT molecular complexity index is 443. The maximum atomic E-state index is 12.5. The van der Waals surface area contributed by atoms with Crippen molar-refractivity contribution in [3.63, 3.8) is 0 Å². The van der Waals surface area contributed by atoms with Gasteiger partial charge in [-0.25, -0.2) is 4.79 Å². The Morgan fingerprint density at radius 2 is 2.09 bits per heavy atom. The van der Waals surface area contributed by atoms with Gasteiger partial charge < -0.3 is 25.0 Å². The summed E-state index contributed by atoms with van der Waals surface area (Å²) in [6, 6.07) is 0.374. The van der Waals surface area contributed by atoms with Gasteiger partial charge in [0.25, 0.3) is 0 Å². The zero-order valence-corrected chi connectivity index (χ0v) is 14.5. The summed E-state index contributed by atoms with van der Waals surface area (Å²) in [5.41, 5.74) is 0. The molecule has 2 aliphatic rings. The van der Waals surface area contributed by atoms with Gasteiger partial charge in [0.2, 0.25) is 5.91 Å². The van der Waals surface area contributed by atoms with Crippen molar-refractivity contribution in [2.75, 3.05) is 20.7 Å². The normalized spacial score (nSPS) is 31.9. The predicted octanol–water partition coefficient (Wildman–Crippen LogP) is 1.13. The summed E-state index contributed by atoms with van der Waals surface area (Å²) >= 11 is 0. The first kappa shape index (κ1) is 18.0. The van der Waals surface area contributed by atoms with E-state index in [-0.39, 0.29) is 18.1 Å². The number of methoxy groups -OCH3 is 1. The highest BCUT2D eigenvalue weighted by Gasteiger charge is 2.43. The molecule has 132 valence electrons. The minimum Gasteiger partial charge on any atom is -0.465 e. The Hall–Kier alpha value is -1.34. The standard InChI is InChI=1S/C16H29N3O4/c1-10(2)18(3)11-5-6-13(14(9-11)23-4)19-8-7-12(15(19)20)17-16(21)22/h10-14,17H,5-9H2,1-4H3,(H,21,22)/t11-,12-,13+,14+/m0/s1. The summed E-state index contributed by atoms with van der Waals surface area (Å²) in [7, 11) is 3.83. The molecule has 2 fully saturated rings. The molecule has 7 nitrogen and oxygen atoms in total. The Kier molecular flexibility index (Phi) is 5.86. The number of nitrogens with one attached hydrogen (secondary N) is 1. The van der Waals surface area contributed by atoms with Crippen LogP contribution >= 0.6 is 0 Å². The molecule has 2 rings (SSSR count). The number of carbonyl (C=O) groups excluding carboxylic acids is 1. The Balaban J connectivity index is 2.01. The van der Waals surface area contributed by atoms with E-state index < -0.39 is 12.1 Å². The van der Waals surface area contributed by atoms with Gasteiger partial charge >= 0.3 is 6.09 Å². The molecule has 1 saturated carbocycles. The summed E-state index contributed by atoms with van der Waals surface area (Å²) in [6.45, 7) is 4.96. The summed E-state index contributed by atoms with van der Waals surface area (Å²) in [4.78, 5) is 27.4. The second kappa shape index (κ2) is 7.49. The van der Waals surface area contributed by atoms with Crippen molar-refractivity contribution in [2.45, 2.75) is 69.8 Å². The third-order valence-corrected chi connectivity index (χ3v) is 5.36. The van der Waals surface area contributed by atoms with Crippen LogP contribution in [0.5, 0.6) is 0 Å². The fourth-order valence-corrected chi connectivity index (χ4v) is 3.81. The summed E-state index contributed by atoms with van der Waals surface area (Å²) in [5, 5.41) is 11.1. The minimum atomic E-state index is -1.14. The van der Waals surface area contributed by atoms with Gasteiger partial charge in [-0.05, 0) is 46.6 Å². The molecule has 0 aromatic rings. The lowest BCUT2D eigenvalue weighted by atomic mass is 9.86. The van der Waals surface area contributed by atoms with Crippen LogP contribution in [0.1, 0.15) is 39.5 Å². The van der Waals surface area contributed by atoms with Crippen molar-refractivity contribution in [1.29, 1.82) is 0 Å². The largest absolute Gasteiger partial charge is 0.465 e. The lowest BCUT2D eigenvalue weighted by molar-refractivity contribution is -0.136. The molecule has 2 amide bonds. The van der Waals surface area contributed by atoms with Gasteiger partial charge in [-0.15, -0.1) is 0 Å².